The van der Waals surface area contributed by atoms with Crippen molar-refractivity contribution < 1.29 is 4.74 Å². The highest BCUT2D eigenvalue weighted by Gasteiger charge is 2.05. The predicted octanol–water partition coefficient (Wildman–Crippen LogP) is 1.37. The molecule has 0 saturated heterocycles. The average molecular weight is 417 g/mol. The molecule has 4 N–H and O–H groups in total. The standard InChI is InChI=1S/C21H36N8O/c1-16(2)30-21-8-17(10-24-12-19(26-22)14-28(3)4)7-18(9-21)11-25-13-20(27-23)15-29(5)6/h7-9,12-13,16H,10-11,14-15,22-23H2,1-6H3. The van der Waals surface area contributed by atoms with Gasteiger partial charge in [0.15, 0.2) is 0 Å². The van der Waals surface area contributed by atoms with Crippen molar-refractivity contribution in [1.29, 1.82) is 0 Å². The molecule has 0 aromatic heterocycles. The van der Waals surface area contributed by atoms with E-state index in [0.717, 1.165) is 16.9 Å². The third kappa shape index (κ3) is 10.7. The van der Waals surface area contributed by atoms with E-state index in [4.69, 9.17) is 16.4 Å². The summed E-state index contributed by atoms with van der Waals surface area (Å²) in [6.45, 7) is 6.25. The molecular weight excluding hydrogens is 380 g/mol. The molecule has 1 aromatic carbocycles. The first-order valence-corrected chi connectivity index (χ1v) is 9.85. The van der Waals surface area contributed by atoms with Crippen molar-refractivity contribution in [2.24, 2.45) is 31.9 Å². The highest BCUT2D eigenvalue weighted by molar-refractivity contribution is 6.31. The first-order chi connectivity index (χ1) is 14.2. The first-order valence-electron chi connectivity index (χ1n) is 9.85. The fraction of sp³-hybridized carbons (Fsp3) is 0.524. The molecule has 9 heteroatoms. The molecule has 1 rings (SSSR count). The number of rotatable bonds is 12. The third-order valence-electron chi connectivity index (χ3n) is 3.71. The Morgan fingerprint density at radius 2 is 1.30 bits per heavy atom. The number of ether oxygens (including phenoxy) is 1. The van der Waals surface area contributed by atoms with E-state index >= 15 is 0 Å². The van der Waals surface area contributed by atoms with Gasteiger partial charge in [-0.15, -0.1) is 0 Å². The molecule has 9 nitrogen and oxygen atoms in total. The van der Waals surface area contributed by atoms with Crippen LogP contribution in [0.2, 0.25) is 0 Å². The van der Waals surface area contributed by atoms with Crippen LogP contribution in [0.4, 0.5) is 0 Å². The number of benzene rings is 1. The normalized spacial score (nSPS) is 13.5. The molecule has 0 spiro atoms. The number of hydrazone groups is 2. The highest BCUT2D eigenvalue weighted by atomic mass is 16.5. The maximum atomic E-state index is 5.89. The molecule has 0 aliphatic carbocycles. The van der Waals surface area contributed by atoms with Crippen LogP contribution >= 0.6 is 0 Å². The van der Waals surface area contributed by atoms with Crippen molar-refractivity contribution >= 4 is 23.9 Å². The minimum Gasteiger partial charge on any atom is -0.491 e. The Morgan fingerprint density at radius 1 is 0.867 bits per heavy atom. The van der Waals surface area contributed by atoms with Crippen LogP contribution in [0.25, 0.3) is 0 Å². The summed E-state index contributed by atoms with van der Waals surface area (Å²) < 4.78 is 5.89. The van der Waals surface area contributed by atoms with Gasteiger partial charge in [0.25, 0.3) is 0 Å². The van der Waals surface area contributed by atoms with Crippen LogP contribution in [-0.4, -0.2) is 81.0 Å². The maximum Gasteiger partial charge on any atom is 0.120 e. The summed E-state index contributed by atoms with van der Waals surface area (Å²) in [6.07, 6.45) is 3.49. The minimum atomic E-state index is 0.0761. The van der Waals surface area contributed by atoms with E-state index < -0.39 is 0 Å². The summed E-state index contributed by atoms with van der Waals surface area (Å²) in [4.78, 5) is 12.9. The van der Waals surface area contributed by atoms with E-state index in [1.165, 1.54) is 0 Å². The number of nitrogens with zero attached hydrogens (tertiary/aromatic N) is 6. The molecule has 0 saturated carbocycles. The molecule has 0 amide bonds. The average Bonchev–Trinajstić information content (AvgIpc) is 2.65. The number of hydrogen-bond donors (Lipinski definition) is 2. The second-order valence-corrected chi connectivity index (χ2v) is 7.81. The topological polar surface area (TPSA) is 117 Å². The summed E-state index contributed by atoms with van der Waals surface area (Å²) >= 11 is 0. The molecule has 1 aromatic rings. The van der Waals surface area contributed by atoms with Gasteiger partial charge >= 0.3 is 0 Å². The summed E-state index contributed by atoms with van der Waals surface area (Å²) in [5.74, 6) is 11.7. The largest absolute Gasteiger partial charge is 0.491 e. The molecule has 0 bridgehead atoms. The third-order valence-corrected chi connectivity index (χ3v) is 3.71. The van der Waals surface area contributed by atoms with Crippen LogP contribution in [0.3, 0.4) is 0 Å². The quantitative estimate of drug-likeness (QED) is 0.303. The Hall–Kier alpha value is -2.78. The zero-order valence-corrected chi connectivity index (χ0v) is 19.0. The summed E-state index contributed by atoms with van der Waals surface area (Å²) in [6, 6.07) is 6.06. The number of hydrogen-bond acceptors (Lipinski definition) is 9. The molecule has 0 radical (unpaired) electrons. The van der Waals surface area contributed by atoms with Gasteiger partial charge in [-0.05, 0) is 65.3 Å². The zero-order chi connectivity index (χ0) is 22.5. The predicted molar refractivity (Wildman–Crippen MR) is 127 cm³/mol. The molecule has 166 valence electrons. The lowest BCUT2D eigenvalue weighted by Crippen LogP contribution is -2.23. The minimum absolute atomic E-state index is 0.0761. The van der Waals surface area contributed by atoms with E-state index in [1.807, 2.05) is 64.0 Å². The molecule has 0 heterocycles. The smallest absolute Gasteiger partial charge is 0.120 e. The van der Waals surface area contributed by atoms with E-state index in [9.17, 15) is 0 Å². The van der Waals surface area contributed by atoms with Gasteiger partial charge < -0.3 is 26.2 Å². The van der Waals surface area contributed by atoms with Crippen LogP contribution in [0.5, 0.6) is 5.75 Å². The molecule has 0 fully saturated rings. The monoisotopic (exact) mass is 416 g/mol. The van der Waals surface area contributed by atoms with Crippen molar-refractivity contribution in [3.63, 3.8) is 0 Å². The first kappa shape index (κ1) is 25.3. The molecule has 0 unspecified atom stereocenters. The van der Waals surface area contributed by atoms with Crippen LogP contribution in [0, 0.1) is 0 Å². The van der Waals surface area contributed by atoms with Gasteiger partial charge in [0.05, 0.1) is 30.6 Å². The van der Waals surface area contributed by atoms with Crippen molar-refractivity contribution in [2.45, 2.75) is 33.0 Å². The van der Waals surface area contributed by atoms with Crippen molar-refractivity contribution in [3.8, 4) is 5.75 Å². The van der Waals surface area contributed by atoms with Gasteiger partial charge in [0.1, 0.15) is 5.75 Å². The molecule has 0 aliphatic rings. The van der Waals surface area contributed by atoms with Crippen molar-refractivity contribution in [1.82, 2.24) is 9.80 Å². The van der Waals surface area contributed by atoms with Gasteiger partial charge in [-0.1, -0.05) is 6.07 Å². The molecule has 30 heavy (non-hydrogen) atoms. The molecular formula is C21H36N8O. The Kier molecular flexibility index (Phi) is 11.3. The van der Waals surface area contributed by atoms with Gasteiger partial charge in [-0.25, -0.2) is 0 Å². The maximum absolute atomic E-state index is 5.89. The van der Waals surface area contributed by atoms with Gasteiger partial charge in [0.2, 0.25) is 0 Å². The number of aliphatic imine (C=N–C) groups is 2. The van der Waals surface area contributed by atoms with Crippen LogP contribution < -0.4 is 16.4 Å². The highest BCUT2D eigenvalue weighted by Crippen LogP contribution is 2.20. The summed E-state index contributed by atoms with van der Waals surface area (Å²) in [5, 5.41) is 7.55. The van der Waals surface area contributed by atoms with E-state index in [1.54, 1.807) is 12.4 Å². The Labute approximate surface area is 180 Å². The second-order valence-electron chi connectivity index (χ2n) is 7.81. The van der Waals surface area contributed by atoms with Crippen LogP contribution in [0.15, 0.2) is 38.4 Å². The lowest BCUT2D eigenvalue weighted by atomic mass is 10.1. The molecule has 0 aliphatic heterocycles. The lowest BCUT2D eigenvalue weighted by Gasteiger charge is -2.13. The fourth-order valence-corrected chi connectivity index (χ4v) is 2.64. The SMILES string of the molecule is CC(C)Oc1cc(CN=CC(CN(C)C)=NN)cc(CN=CC(CN(C)C)=NN)c1. The van der Waals surface area contributed by atoms with E-state index in [0.29, 0.717) is 37.6 Å². The number of nitrogens with two attached hydrogens (primary N) is 2. The lowest BCUT2D eigenvalue weighted by molar-refractivity contribution is 0.242. The zero-order valence-electron chi connectivity index (χ0n) is 19.0. The van der Waals surface area contributed by atoms with Crippen molar-refractivity contribution in [3.05, 3.63) is 29.3 Å². The molecule has 0 atom stereocenters. The fourth-order valence-electron chi connectivity index (χ4n) is 2.64. The van der Waals surface area contributed by atoms with Crippen molar-refractivity contribution in [2.75, 3.05) is 41.3 Å². The summed E-state index contributed by atoms with van der Waals surface area (Å²) in [7, 11) is 7.82. The van der Waals surface area contributed by atoms with Gasteiger partial charge in [-0.2, -0.15) is 10.2 Å². The van der Waals surface area contributed by atoms with E-state index in [-0.39, 0.29) is 6.10 Å². The second kappa shape index (κ2) is 13.4. The van der Waals surface area contributed by atoms with Crippen LogP contribution in [-0.2, 0) is 13.1 Å². The van der Waals surface area contributed by atoms with Gasteiger partial charge in [0, 0.05) is 25.5 Å². The van der Waals surface area contributed by atoms with E-state index in [2.05, 4.69) is 26.3 Å². The Morgan fingerprint density at radius 3 is 1.63 bits per heavy atom. The summed E-state index contributed by atoms with van der Waals surface area (Å²) in [5.41, 5.74) is 3.48. The Bertz CT molecular complexity index is 710. The Balaban J connectivity index is 2.94. The van der Waals surface area contributed by atoms with Gasteiger partial charge in [-0.3, -0.25) is 9.98 Å². The van der Waals surface area contributed by atoms with Crippen LogP contribution in [0.1, 0.15) is 25.0 Å².